The number of nitrogens with zero attached hydrogens (tertiary/aromatic N) is 2. The lowest BCUT2D eigenvalue weighted by molar-refractivity contribution is -0.152. The molecule has 0 radical (unpaired) electrons. The summed E-state index contributed by atoms with van der Waals surface area (Å²) in [6.07, 6.45) is 5.52. The van der Waals surface area contributed by atoms with Gasteiger partial charge >= 0.3 is 0 Å². The summed E-state index contributed by atoms with van der Waals surface area (Å²) in [7, 11) is 0. The van der Waals surface area contributed by atoms with Crippen molar-refractivity contribution < 1.29 is 23.9 Å². The molecule has 1 aliphatic carbocycles. The number of ether oxygens (including phenoxy) is 2. The fraction of sp³-hybridized carbons (Fsp3) is 0.560. The van der Waals surface area contributed by atoms with Crippen LogP contribution >= 0.6 is 0 Å². The van der Waals surface area contributed by atoms with Gasteiger partial charge in [0.05, 0.1) is 11.8 Å². The van der Waals surface area contributed by atoms with Crippen molar-refractivity contribution in [1.29, 1.82) is 0 Å². The number of likely N-dealkylation sites (tertiary alicyclic amines) is 1. The fourth-order valence-electron chi connectivity index (χ4n) is 4.92. The molecule has 3 unspecified atom stereocenters. The third-order valence-electron chi connectivity index (χ3n) is 6.54. The second-order valence-electron chi connectivity index (χ2n) is 9.14. The molecule has 1 fully saturated rings. The zero-order valence-electron chi connectivity index (χ0n) is 19.1. The Labute approximate surface area is 189 Å². The first kappa shape index (κ1) is 22.4. The SMILES string of the molecule is CCN(Cc1cccc2c1OCCO2)C(=O)C(CC(C)C)N1C(=O)C2CC=CCC2C1=O. The van der Waals surface area contributed by atoms with Gasteiger partial charge in [-0.15, -0.1) is 0 Å². The minimum Gasteiger partial charge on any atom is -0.486 e. The number of hydrogen-bond acceptors (Lipinski definition) is 5. The third-order valence-corrected chi connectivity index (χ3v) is 6.54. The topological polar surface area (TPSA) is 76.2 Å². The van der Waals surface area contributed by atoms with Crippen LogP contribution in [-0.4, -0.2) is 53.3 Å². The van der Waals surface area contributed by atoms with E-state index < -0.39 is 6.04 Å². The van der Waals surface area contributed by atoms with E-state index in [1.54, 1.807) is 4.90 Å². The summed E-state index contributed by atoms with van der Waals surface area (Å²) in [6.45, 7) is 7.69. The Balaban J connectivity index is 1.60. The van der Waals surface area contributed by atoms with Gasteiger partial charge in [-0.25, -0.2) is 0 Å². The molecule has 0 saturated carbocycles. The molecule has 2 aliphatic heterocycles. The summed E-state index contributed by atoms with van der Waals surface area (Å²) in [6, 6.07) is 4.89. The Kier molecular flexibility index (Phi) is 6.53. The van der Waals surface area contributed by atoms with Crippen molar-refractivity contribution in [2.24, 2.45) is 17.8 Å². The maximum Gasteiger partial charge on any atom is 0.246 e. The minimum absolute atomic E-state index is 0.158. The second kappa shape index (κ2) is 9.35. The first-order chi connectivity index (χ1) is 15.4. The maximum absolute atomic E-state index is 13.8. The third kappa shape index (κ3) is 4.12. The summed E-state index contributed by atoms with van der Waals surface area (Å²) in [5.74, 6) is 0.234. The molecular formula is C25H32N2O5. The number of amides is 3. The molecule has 1 aromatic rings. The molecule has 4 rings (SSSR count). The zero-order valence-corrected chi connectivity index (χ0v) is 19.1. The van der Waals surface area contributed by atoms with Crippen molar-refractivity contribution in [2.45, 2.75) is 52.6 Å². The van der Waals surface area contributed by atoms with Crippen molar-refractivity contribution in [3.05, 3.63) is 35.9 Å². The predicted octanol–water partition coefficient (Wildman–Crippen LogP) is 3.17. The van der Waals surface area contributed by atoms with Crippen LogP contribution in [0.4, 0.5) is 0 Å². The van der Waals surface area contributed by atoms with Crippen LogP contribution < -0.4 is 9.47 Å². The van der Waals surface area contributed by atoms with E-state index in [4.69, 9.17) is 9.47 Å². The Morgan fingerprint density at radius 1 is 1.09 bits per heavy atom. The highest BCUT2D eigenvalue weighted by Crippen LogP contribution is 2.38. The molecule has 3 atom stereocenters. The van der Waals surface area contributed by atoms with Crippen molar-refractivity contribution in [3.8, 4) is 11.5 Å². The van der Waals surface area contributed by atoms with E-state index in [0.29, 0.717) is 57.1 Å². The lowest BCUT2D eigenvalue weighted by Gasteiger charge is -2.33. The molecule has 7 nitrogen and oxygen atoms in total. The smallest absolute Gasteiger partial charge is 0.246 e. The fourth-order valence-corrected chi connectivity index (χ4v) is 4.92. The standard InChI is InChI=1S/C25H32N2O5/c1-4-26(15-17-8-7-11-21-22(17)32-13-12-31-21)25(30)20(14-16(2)3)27-23(28)18-9-5-6-10-19(18)24(27)29/h5-8,11,16,18-20H,4,9-10,12-15H2,1-3H3. The molecule has 32 heavy (non-hydrogen) atoms. The van der Waals surface area contributed by atoms with E-state index >= 15 is 0 Å². The van der Waals surface area contributed by atoms with Crippen LogP contribution in [0.15, 0.2) is 30.4 Å². The first-order valence-electron chi connectivity index (χ1n) is 11.6. The highest BCUT2D eigenvalue weighted by atomic mass is 16.6. The summed E-state index contributed by atoms with van der Waals surface area (Å²) in [5, 5.41) is 0. The summed E-state index contributed by atoms with van der Waals surface area (Å²) < 4.78 is 11.5. The van der Waals surface area contributed by atoms with Gasteiger partial charge in [0.2, 0.25) is 17.7 Å². The van der Waals surface area contributed by atoms with Crippen LogP contribution in [0.25, 0.3) is 0 Å². The van der Waals surface area contributed by atoms with Crippen molar-refractivity contribution in [1.82, 2.24) is 9.80 Å². The maximum atomic E-state index is 13.8. The molecule has 3 aliphatic rings. The highest BCUT2D eigenvalue weighted by Gasteiger charge is 2.51. The van der Waals surface area contributed by atoms with Gasteiger partial charge in [-0.3, -0.25) is 19.3 Å². The molecule has 0 spiro atoms. The molecule has 0 aromatic heterocycles. The van der Waals surface area contributed by atoms with E-state index in [9.17, 15) is 14.4 Å². The molecule has 1 aromatic carbocycles. The van der Waals surface area contributed by atoms with Crippen molar-refractivity contribution in [2.75, 3.05) is 19.8 Å². The Hall–Kier alpha value is -2.83. The molecule has 3 amide bonds. The van der Waals surface area contributed by atoms with Crippen LogP contribution in [0, 0.1) is 17.8 Å². The number of allylic oxidation sites excluding steroid dienone is 2. The number of rotatable bonds is 7. The number of imide groups is 1. The van der Waals surface area contributed by atoms with Crippen molar-refractivity contribution >= 4 is 17.7 Å². The van der Waals surface area contributed by atoms with Crippen LogP contribution in [0.5, 0.6) is 11.5 Å². The molecule has 7 heteroatoms. The van der Waals surface area contributed by atoms with Crippen molar-refractivity contribution in [3.63, 3.8) is 0 Å². The average molecular weight is 441 g/mol. The highest BCUT2D eigenvalue weighted by molar-refractivity contribution is 6.08. The molecular weight excluding hydrogens is 408 g/mol. The van der Waals surface area contributed by atoms with Crippen LogP contribution in [0.3, 0.4) is 0 Å². The van der Waals surface area contributed by atoms with Gasteiger partial charge in [0.15, 0.2) is 11.5 Å². The summed E-state index contributed by atoms with van der Waals surface area (Å²) in [5.41, 5.74) is 0.859. The Bertz CT molecular complexity index is 899. The lowest BCUT2D eigenvalue weighted by atomic mass is 9.85. The quantitative estimate of drug-likeness (QED) is 0.481. The molecule has 0 N–H and O–H groups in total. The molecule has 172 valence electrons. The molecule has 0 bridgehead atoms. The largest absolute Gasteiger partial charge is 0.486 e. The van der Waals surface area contributed by atoms with Gasteiger partial charge in [-0.2, -0.15) is 0 Å². The van der Waals surface area contributed by atoms with E-state index in [2.05, 4.69) is 0 Å². The van der Waals surface area contributed by atoms with E-state index in [-0.39, 0.29) is 35.5 Å². The number of benzene rings is 1. The van der Waals surface area contributed by atoms with Gasteiger partial charge in [-0.05, 0) is 38.2 Å². The number of para-hydroxylation sites is 1. The van der Waals surface area contributed by atoms with Crippen LogP contribution in [-0.2, 0) is 20.9 Å². The summed E-state index contributed by atoms with van der Waals surface area (Å²) >= 11 is 0. The molecule has 1 saturated heterocycles. The predicted molar refractivity (Wildman–Crippen MR) is 119 cm³/mol. The van der Waals surface area contributed by atoms with Gasteiger partial charge in [0.25, 0.3) is 0 Å². The van der Waals surface area contributed by atoms with Gasteiger partial charge < -0.3 is 14.4 Å². The lowest BCUT2D eigenvalue weighted by Crippen LogP contribution is -2.51. The van der Waals surface area contributed by atoms with E-state index in [0.717, 1.165) is 5.56 Å². The van der Waals surface area contributed by atoms with Gasteiger partial charge in [-0.1, -0.05) is 38.1 Å². The Morgan fingerprint density at radius 2 is 1.75 bits per heavy atom. The Morgan fingerprint density at radius 3 is 2.38 bits per heavy atom. The molecule has 2 heterocycles. The number of carbonyl (C=O) groups is 3. The summed E-state index contributed by atoms with van der Waals surface area (Å²) in [4.78, 5) is 43.2. The van der Waals surface area contributed by atoms with Crippen LogP contribution in [0.2, 0.25) is 0 Å². The monoisotopic (exact) mass is 440 g/mol. The van der Waals surface area contributed by atoms with E-state index in [1.807, 2.05) is 51.1 Å². The second-order valence-corrected chi connectivity index (χ2v) is 9.14. The van der Waals surface area contributed by atoms with Crippen LogP contribution in [0.1, 0.15) is 45.6 Å². The number of hydrogen-bond donors (Lipinski definition) is 0. The number of carbonyl (C=O) groups excluding carboxylic acids is 3. The number of likely N-dealkylation sites (N-methyl/N-ethyl adjacent to an activating group) is 1. The first-order valence-corrected chi connectivity index (χ1v) is 11.6. The van der Waals surface area contributed by atoms with E-state index in [1.165, 1.54) is 4.90 Å². The number of fused-ring (bicyclic) bond motifs is 2. The van der Waals surface area contributed by atoms with Gasteiger partial charge in [0.1, 0.15) is 19.3 Å². The average Bonchev–Trinajstić information content (AvgIpc) is 3.05. The van der Waals surface area contributed by atoms with Gasteiger partial charge in [0, 0.05) is 18.7 Å². The normalized spacial score (nSPS) is 22.8. The minimum atomic E-state index is -0.780. The zero-order chi connectivity index (χ0) is 22.8.